The third-order valence-corrected chi connectivity index (χ3v) is 3.90. The molecule has 0 aromatic rings. The Labute approximate surface area is 130 Å². The van der Waals surface area contributed by atoms with Gasteiger partial charge in [0.25, 0.3) is 0 Å². The Hall–Kier alpha value is -0.680. The van der Waals surface area contributed by atoms with Crippen LogP contribution in [0.25, 0.3) is 0 Å². The number of alkyl halides is 1. The zero-order valence-electron chi connectivity index (χ0n) is 11.3. The maximum atomic E-state index is 11.5. The highest BCUT2D eigenvalue weighted by Gasteiger charge is 2.08. The number of hydrogen-bond donors (Lipinski definition) is 0. The van der Waals surface area contributed by atoms with E-state index in [-0.39, 0.29) is 5.97 Å². The molecule has 0 saturated heterocycles. The van der Waals surface area contributed by atoms with E-state index in [1.54, 1.807) is 0 Å². The molecule has 0 aliphatic carbocycles. The molecule has 1 unspecified atom stereocenters. The Kier molecular flexibility index (Phi) is 9.63. The highest BCUT2D eigenvalue weighted by Crippen LogP contribution is 2.13. The summed E-state index contributed by atoms with van der Waals surface area (Å²) in [5.41, 5.74) is 0. The zero-order valence-corrected chi connectivity index (χ0v) is 13.5. The lowest BCUT2D eigenvalue weighted by Crippen LogP contribution is -2.13. The van der Waals surface area contributed by atoms with Crippen LogP contribution in [0.5, 0.6) is 0 Å². The summed E-state index contributed by atoms with van der Waals surface area (Å²) in [5.74, 6) is 11.9. The minimum Gasteiger partial charge on any atom is -0.465 e. The third-order valence-electron chi connectivity index (χ3n) is 2.92. The number of cyclic esters (lactones) is 1. The molecule has 0 N–H and O–H groups in total. The standard InChI is InChI=1S/C16H21IO2/c17-15-12-10-8-6-4-2-1-3-5-7-9-11-13-16(18)19-14-15/h15H,5-14H2. The minimum absolute atomic E-state index is 0.0552. The Balaban J connectivity index is 2.37. The number of hydrogen-bond acceptors (Lipinski definition) is 2. The number of ether oxygens (including phenoxy) is 1. The van der Waals surface area contributed by atoms with Crippen molar-refractivity contribution in [3.05, 3.63) is 0 Å². The molecule has 0 aromatic heterocycles. The summed E-state index contributed by atoms with van der Waals surface area (Å²) >= 11 is 2.36. The Bertz CT molecular complexity index is 381. The first-order valence-corrected chi connectivity index (χ1v) is 8.29. The van der Waals surface area contributed by atoms with E-state index < -0.39 is 0 Å². The first-order valence-electron chi connectivity index (χ1n) is 7.04. The largest absolute Gasteiger partial charge is 0.465 e. The van der Waals surface area contributed by atoms with Gasteiger partial charge < -0.3 is 4.74 Å². The van der Waals surface area contributed by atoms with Gasteiger partial charge in [0.05, 0.1) is 0 Å². The number of halogens is 1. The summed E-state index contributed by atoms with van der Waals surface area (Å²) in [7, 11) is 0. The fourth-order valence-electron chi connectivity index (χ4n) is 1.79. The number of carbonyl (C=O) groups is 1. The predicted octanol–water partition coefficient (Wildman–Crippen LogP) is 3.86. The topological polar surface area (TPSA) is 26.3 Å². The molecule has 0 amide bonds. The molecule has 0 aromatic carbocycles. The van der Waals surface area contributed by atoms with Crippen LogP contribution in [-0.4, -0.2) is 16.5 Å². The first-order chi connectivity index (χ1) is 9.29. The van der Waals surface area contributed by atoms with E-state index in [1.807, 2.05) is 0 Å². The smallest absolute Gasteiger partial charge is 0.305 e. The lowest BCUT2D eigenvalue weighted by atomic mass is 10.1. The van der Waals surface area contributed by atoms with Gasteiger partial charge in [-0.2, -0.15) is 0 Å². The van der Waals surface area contributed by atoms with E-state index in [9.17, 15) is 4.79 Å². The van der Waals surface area contributed by atoms with Crippen LogP contribution in [0.4, 0.5) is 0 Å². The summed E-state index contributed by atoms with van der Waals surface area (Å²) in [6.45, 7) is 0.550. The molecule has 1 atom stereocenters. The molecule has 0 radical (unpaired) electrons. The predicted molar refractivity (Wildman–Crippen MR) is 85.9 cm³/mol. The Morgan fingerprint density at radius 1 is 1.00 bits per heavy atom. The quantitative estimate of drug-likeness (QED) is 0.279. The molecule has 2 nitrogen and oxygen atoms in total. The maximum absolute atomic E-state index is 11.5. The second kappa shape index (κ2) is 11.2. The molecule has 19 heavy (non-hydrogen) atoms. The van der Waals surface area contributed by atoms with Crippen molar-refractivity contribution in [2.24, 2.45) is 0 Å². The van der Waals surface area contributed by atoms with Crippen molar-refractivity contribution in [1.82, 2.24) is 0 Å². The highest BCUT2D eigenvalue weighted by atomic mass is 127. The van der Waals surface area contributed by atoms with Gasteiger partial charge in [-0.1, -0.05) is 47.3 Å². The van der Waals surface area contributed by atoms with E-state index in [1.165, 1.54) is 0 Å². The number of rotatable bonds is 0. The van der Waals surface area contributed by atoms with E-state index in [4.69, 9.17) is 4.74 Å². The lowest BCUT2D eigenvalue weighted by molar-refractivity contribution is -0.143. The van der Waals surface area contributed by atoms with Crippen LogP contribution >= 0.6 is 22.6 Å². The molecule has 1 aliphatic rings. The second-order valence-corrected chi connectivity index (χ2v) is 6.45. The van der Waals surface area contributed by atoms with Crippen LogP contribution < -0.4 is 0 Å². The summed E-state index contributed by atoms with van der Waals surface area (Å²) in [6, 6.07) is 0. The van der Waals surface area contributed by atoms with Gasteiger partial charge in [-0.15, -0.1) is 0 Å². The van der Waals surface area contributed by atoms with Gasteiger partial charge in [-0.05, 0) is 37.5 Å². The van der Waals surface area contributed by atoms with E-state index in [0.29, 0.717) is 17.0 Å². The summed E-state index contributed by atoms with van der Waals surface area (Å²) in [5, 5.41) is 0. The summed E-state index contributed by atoms with van der Waals surface area (Å²) in [6.07, 6.45) is 8.62. The molecule has 0 spiro atoms. The maximum Gasteiger partial charge on any atom is 0.305 e. The molecule has 0 saturated carbocycles. The van der Waals surface area contributed by atoms with Gasteiger partial charge in [-0.25, -0.2) is 0 Å². The Morgan fingerprint density at radius 3 is 2.42 bits per heavy atom. The lowest BCUT2D eigenvalue weighted by Gasteiger charge is -2.10. The van der Waals surface area contributed by atoms with Crippen molar-refractivity contribution < 1.29 is 9.53 Å². The van der Waals surface area contributed by atoms with Gasteiger partial charge in [0.2, 0.25) is 0 Å². The minimum atomic E-state index is -0.0552. The Morgan fingerprint density at radius 2 is 1.68 bits per heavy atom. The molecule has 0 fully saturated rings. The molecule has 0 bridgehead atoms. The van der Waals surface area contributed by atoms with E-state index >= 15 is 0 Å². The van der Waals surface area contributed by atoms with Crippen molar-refractivity contribution in [2.45, 2.75) is 61.7 Å². The second-order valence-electron chi connectivity index (χ2n) is 4.69. The van der Waals surface area contributed by atoms with Crippen LogP contribution in [0.2, 0.25) is 0 Å². The fourth-order valence-corrected chi connectivity index (χ4v) is 2.41. The summed E-state index contributed by atoms with van der Waals surface area (Å²) < 4.78 is 5.70. The van der Waals surface area contributed by atoms with Crippen LogP contribution in [0.1, 0.15) is 57.8 Å². The van der Waals surface area contributed by atoms with Crippen molar-refractivity contribution >= 4 is 28.6 Å². The van der Waals surface area contributed by atoms with Gasteiger partial charge in [0, 0.05) is 23.2 Å². The summed E-state index contributed by atoms with van der Waals surface area (Å²) in [4.78, 5) is 11.5. The van der Waals surface area contributed by atoms with Gasteiger partial charge in [0.15, 0.2) is 0 Å². The highest BCUT2D eigenvalue weighted by molar-refractivity contribution is 14.1. The van der Waals surface area contributed by atoms with Crippen LogP contribution in [-0.2, 0) is 9.53 Å². The van der Waals surface area contributed by atoms with E-state index in [0.717, 1.165) is 51.4 Å². The fraction of sp³-hybridized carbons (Fsp3) is 0.688. The van der Waals surface area contributed by atoms with Gasteiger partial charge in [0.1, 0.15) is 6.61 Å². The van der Waals surface area contributed by atoms with Crippen LogP contribution in [0, 0.1) is 23.7 Å². The van der Waals surface area contributed by atoms with Crippen LogP contribution in [0.3, 0.4) is 0 Å². The van der Waals surface area contributed by atoms with Gasteiger partial charge in [-0.3, -0.25) is 4.79 Å². The normalized spacial score (nSPS) is 23.0. The zero-order chi connectivity index (χ0) is 13.8. The molecule has 3 heteroatoms. The monoisotopic (exact) mass is 372 g/mol. The molecule has 104 valence electrons. The molecular formula is C16H21IO2. The first kappa shape index (κ1) is 16.4. The van der Waals surface area contributed by atoms with E-state index in [2.05, 4.69) is 46.3 Å². The van der Waals surface area contributed by atoms with Crippen molar-refractivity contribution in [1.29, 1.82) is 0 Å². The van der Waals surface area contributed by atoms with Crippen molar-refractivity contribution in [3.63, 3.8) is 0 Å². The average Bonchev–Trinajstić information content (AvgIpc) is 2.41. The molecule has 1 heterocycles. The SMILES string of the molecule is O=C1CCCCCC#CC#CCCCCC(I)CO1. The van der Waals surface area contributed by atoms with Crippen molar-refractivity contribution in [2.75, 3.05) is 6.61 Å². The average molecular weight is 372 g/mol. The molecule has 1 aliphatic heterocycles. The number of carbonyl (C=O) groups excluding carboxylic acids is 1. The van der Waals surface area contributed by atoms with Crippen molar-refractivity contribution in [3.8, 4) is 23.7 Å². The third kappa shape index (κ3) is 9.85. The molecular weight excluding hydrogens is 351 g/mol. The van der Waals surface area contributed by atoms with Crippen LogP contribution in [0.15, 0.2) is 0 Å². The number of esters is 1. The van der Waals surface area contributed by atoms with Gasteiger partial charge >= 0.3 is 5.97 Å². The molecule has 1 rings (SSSR count).